The van der Waals surface area contributed by atoms with Crippen LogP contribution in [0, 0.1) is 23.7 Å². The van der Waals surface area contributed by atoms with E-state index >= 15 is 0 Å². The normalized spacial score (nSPS) is 14.6. The molecular formula is C27H44N4O6. The van der Waals surface area contributed by atoms with Gasteiger partial charge in [0.15, 0.2) is 0 Å². The van der Waals surface area contributed by atoms with E-state index in [4.69, 9.17) is 9.47 Å². The van der Waals surface area contributed by atoms with Gasteiger partial charge >= 0.3 is 11.9 Å². The molecule has 0 aliphatic carbocycles. The molecule has 208 valence electrons. The monoisotopic (exact) mass is 520 g/mol. The van der Waals surface area contributed by atoms with Crippen molar-refractivity contribution in [3.63, 3.8) is 0 Å². The number of ether oxygens (including phenoxy) is 2. The van der Waals surface area contributed by atoms with Crippen molar-refractivity contribution in [3.05, 3.63) is 36.4 Å². The number of aliphatic hydroxyl groups is 2. The number of aliphatic hydroxyl groups excluding tert-OH is 2. The first-order valence-electron chi connectivity index (χ1n) is 13.3. The van der Waals surface area contributed by atoms with Crippen LogP contribution >= 0.6 is 0 Å². The second-order valence-corrected chi connectivity index (χ2v) is 9.71. The zero-order chi connectivity index (χ0) is 27.2. The van der Waals surface area contributed by atoms with Crippen LogP contribution in [0.25, 0.3) is 0 Å². The molecule has 0 fully saturated rings. The van der Waals surface area contributed by atoms with Gasteiger partial charge in [-0.05, 0) is 44.9 Å². The van der Waals surface area contributed by atoms with E-state index in [1.54, 1.807) is 25.0 Å². The molecule has 4 atom stereocenters. The minimum atomic E-state index is -0.377. The van der Waals surface area contributed by atoms with Crippen LogP contribution in [0.4, 0.5) is 0 Å². The summed E-state index contributed by atoms with van der Waals surface area (Å²) in [7, 11) is 3.78. The van der Waals surface area contributed by atoms with Gasteiger partial charge in [0, 0.05) is 62.9 Å². The van der Waals surface area contributed by atoms with E-state index in [9.17, 15) is 19.8 Å². The Morgan fingerprint density at radius 1 is 0.784 bits per heavy atom. The van der Waals surface area contributed by atoms with E-state index in [0.717, 1.165) is 17.8 Å². The standard InChI is InChI=1S/C27H44N4O6/c1-5-24(20(16-32)12-22-14-28-18-30(22)3)26(34)36-10-8-7-9-11-37-27(35)25(6-2)21(17-33)13-23-15-29-19-31(23)4/h14-15,18-21,24-25,32-33H,5-13,16-17H2,1-4H3/t20-,21-,24-,25-/m0/s1. The SMILES string of the molecule is CC[C@H](C(=O)OCCCCCOC(=O)[C@@H](CC)[C@H](CO)Cc1cncn1C)[C@H](CO)Cc1cncn1C. The molecule has 0 saturated heterocycles. The molecule has 2 rings (SSSR count). The van der Waals surface area contributed by atoms with Crippen molar-refractivity contribution in [2.75, 3.05) is 26.4 Å². The number of hydrogen-bond donors (Lipinski definition) is 2. The van der Waals surface area contributed by atoms with Gasteiger partial charge in [0.05, 0.1) is 37.7 Å². The molecule has 0 amide bonds. The minimum Gasteiger partial charge on any atom is -0.465 e. The molecule has 10 nitrogen and oxygen atoms in total. The summed E-state index contributed by atoms with van der Waals surface area (Å²) >= 11 is 0. The van der Waals surface area contributed by atoms with E-state index in [2.05, 4.69) is 9.97 Å². The Morgan fingerprint density at radius 2 is 1.19 bits per heavy atom. The van der Waals surface area contributed by atoms with Gasteiger partial charge in [-0.1, -0.05) is 13.8 Å². The summed E-state index contributed by atoms with van der Waals surface area (Å²) < 4.78 is 14.8. The summed E-state index contributed by atoms with van der Waals surface area (Å²) in [6.45, 7) is 4.25. The lowest BCUT2D eigenvalue weighted by atomic mass is 9.87. The van der Waals surface area contributed by atoms with Gasteiger partial charge in [-0.3, -0.25) is 9.59 Å². The fourth-order valence-electron chi connectivity index (χ4n) is 4.69. The number of rotatable bonds is 18. The largest absolute Gasteiger partial charge is 0.465 e. The number of aryl methyl sites for hydroxylation is 2. The molecule has 0 aromatic carbocycles. The molecule has 0 spiro atoms. The third kappa shape index (κ3) is 9.27. The molecule has 2 aromatic heterocycles. The van der Waals surface area contributed by atoms with Crippen LogP contribution in [-0.2, 0) is 46.0 Å². The van der Waals surface area contributed by atoms with Gasteiger partial charge in [-0.15, -0.1) is 0 Å². The van der Waals surface area contributed by atoms with Crippen molar-refractivity contribution in [1.82, 2.24) is 19.1 Å². The number of carbonyl (C=O) groups is 2. The summed E-state index contributed by atoms with van der Waals surface area (Å²) in [6.07, 6.45) is 11.3. The van der Waals surface area contributed by atoms with Gasteiger partial charge in [-0.2, -0.15) is 0 Å². The van der Waals surface area contributed by atoms with Crippen molar-refractivity contribution in [1.29, 1.82) is 0 Å². The molecule has 10 heteroatoms. The topological polar surface area (TPSA) is 129 Å². The highest BCUT2D eigenvalue weighted by Gasteiger charge is 2.29. The summed E-state index contributed by atoms with van der Waals surface area (Å²) in [6, 6.07) is 0. The first-order valence-corrected chi connectivity index (χ1v) is 13.3. The summed E-state index contributed by atoms with van der Waals surface area (Å²) in [5.41, 5.74) is 1.93. The molecule has 2 heterocycles. The molecule has 0 bridgehead atoms. The number of hydrogen-bond acceptors (Lipinski definition) is 8. The highest BCUT2D eigenvalue weighted by atomic mass is 16.5. The van der Waals surface area contributed by atoms with Crippen LogP contribution < -0.4 is 0 Å². The van der Waals surface area contributed by atoms with Gasteiger partial charge in [-0.25, -0.2) is 9.97 Å². The third-order valence-corrected chi connectivity index (χ3v) is 7.15. The third-order valence-electron chi connectivity index (χ3n) is 7.15. The van der Waals surface area contributed by atoms with Crippen LogP contribution in [0.2, 0.25) is 0 Å². The highest BCUT2D eigenvalue weighted by Crippen LogP contribution is 2.23. The van der Waals surface area contributed by atoms with Gasteiger partial charge in [0.2, 0.25) is 0 Å². The Bertz CT molecular complexity index is 869. The van der Waals surface area contributed by atoms with Crippen molar-refractivity contribution in [2.45, 2.75) is 58.8 Å². The lowest BCUT2D eigenvalue weighted by Gasteiger charge is -2.23. The molecule has 0 unspecified atom stereocenters. The molecular weight excluding hydrogens is 476 g/mol. The highest BCUT2D eigenvalue weighted by molar-refractivity contribution is 5.73. The van der Waals surface area contributed by atoms with Gasteiger partial charge in [0.1, 0.15) is 0 Å². The number of imidazole rings is 2. The Hall–Kier alpha value is -2.72. The first-order chi connectivity index (χ1) is 17.9. The Morgan fingerprint density at radius 3 is 1.49 bits per heavy atom. The lowest BCUT2D eigenvalue weighted by Crippen LogP contribution is -2.30. The predicted molar refractivity (Wildman–Crippen MR) is 138 cm³/mol. The molecule has 0 radical (unpaired) electrons. The van der Waals surface area contributed by atoms with Crippen molar-refractivity contribution in [2.24, 2.45) is 37.8 Å². The van der Waals surface area contributed by atoms with Gasteiger partial charge < -0.3 is 28.8 Å². The summed E-state index contributed by atoms with van der Waals surface area (Å²) in [4.78, 5) is 33.5. The van der Waals surface area contributed by atoms with Crippen molar-refractivity contribution < 1.29 is 29.3 Å². The zero-order valence-corrected chi connectivity index (χ0v) is 22.7. The minimum absolute atomic E-state index is 0.0951. The first kappa shape index (κ1) is 30.5. The molecule has 0 aliphatic heterocycles. The van der Waals surface area contributed by atoms with E-state index in [1.165, 1.54) is 0 Å². The number of unbranched alkanes of at least 4 members (excludes halogenated alkanes) is 2. The molecule has 0 aliphatic rings. The smallest absolute Gasteiger partial charge is 0.309 e. The van der Waals surface area contributed by atoms with Crippen LogP contribution in [0.15, 0.2) is 25.0 Å². The maximum atomic E-state index is 12.7. The quantitative estimate of drug-likeness (QED) is 0.227. The van der Waals surface area contributed by atoms with Crippen molar-refractivity contribution in [3.8, 4) is 0 Å². The summed E-state index contributed by atoms with van der Waals surface area (Å²) in [5.74, 6) is -1.77. The van der Waals surface area contributed by atoms with E-state index in [0.29, 0.717) is 51.7 Å². The van der Waals surface area contributed by atoms with Crippen LogP contribution in [0.5, 0.6) is 0 Å². The average molecular weight is 521 g/mol. The number of esters is 2. The van der Waals surface area contributed by atoms with E-state index in [1.807, 2.05) is 37.1 Å². The predicted octanol–water partition coefficient (Wildman–Crippen LogP) is 2.46. The zero-order valence-electron chi connectivity index (χ0n) is 22.7. The molecule has 2 N–H and O–H groups in total. The average Bonchev–Trinajstić information content (AvgIpc) is 3.49. The second-order valence-electron chi connectivity index (χ2n) is 9.71. The fraction of sp³-hybridized carbons (Fsp3) is 0.704. The molecule has 0 saturated carbocycles. The Labute approximate surface area is 220 Å². The van der Waals surface area contributed by atoms with Crippen LogP contribution in [0.1, 0.15) is 57.3 Å². The van der Waals surface area contributed by atoms with E-state index in [-0.39, 0.29) is 48.8 Å². The van der Waals surface area contributed by atoms with Crippen LogP contribution in [0.3, 0.4) is 0 Å². The maximum absolute atomic E-state index is 12.7. The molecule has 37 heavy (non-hydrogen) atoms. The number of nitrogens with zero attached hydrogens (tertiary/aromatic N) is 4. The lowest BCUT2D eigenvalue weighted by molar-refractivity contribution is -0.151. The number of carbonyl (C=O) groups excluding carboxylic acids is 2. The second kappa shape index (κ2) is 16.2. The maximum Gasteiger partial charge on any atom is 0.309 e. The Balaban J connectivity index is 1.68. The fourth-order valence-corrected chi connectivity index (χ4v) is 4.69. The van der Waals surface area contributed by atoms with Crippen molar-refractivity contribution >= 4 is 11.9 Å². The summed E-state index contributed by atoms with van der Waals surface area (Å²) in [5, 5.41) is 19.7. The molecule has 2 aromatic rings. The van der Waals surface area contributed by atoms with Gasteiger partial charge in [0.25, 0.3) is 0 Å². The van der Waals surface area contributed by atoms with E-state index < -0.39 is 0 Å². The Kier molecular flexibility index (Phi) is 13.3. The van der Waals surface area contributed by atoms with Crippen LogP contribution in [-0.4, -0.2) is 67.7 Å². The number of aromatic nitrogens is 4.